The summed E-state index contributed by atoms with van der Waals surface area (Å²) in [4.78, 5) is 13.1. The Balaban J connectivity index is 1.84. The van der Waals surface area contributed by atoms with Gasteiger partial charge in [-0.05, 0) is 30.9 Å². The van der Waals surface area contributed by atoms with Crippen LogP contribution in [0.4, 0.5) is 0 Å². The quantitative estimate of drug-likeness (QED) is 0.642. The van der Waals surface area contributed by atoms with Crippen LogP contribution in [0.25, 0.3) is 0 Å². The lowest BCUT2D eigenvalue weighted by Crippen LogP contribution is -2.25. The van der Waals surface area contributed by atoms with E-state index in [-0.39, 0.29) is 5.91 Å². The highest BCUT2D eigenvalue weighted by Crippen LogP contribution is 2.22. The van der Waals surface area contributed by atoms with E-state index in [4.69, 9.17) is 23.2 Å². The van der Waals surface area contributed by atoms with Crippen molar-refractivity contribution < 1.29 is 4.79 Å². The van der Waals surface area contributed by atoms with Crippen LogP contribution in [0.5, 0.6) is 0 Å². The lowest BCUT2D eigenvalue weighted by molar-refractivity contribution is 0.0952. The van der Waals surface area contributed by atoms with Gasteiger partial charge in [-0.25, -0.2) is 0 Å². The van der Waals surface area contributed by atoms with Gasteiger partial charge >= 0.3 is 0 Å². The highest BCUT2D eigenvalue weighted by Gasteiger charge is 2.10. The van der Waals surface area contributed by atoms with Gasteiger partial charge in [-0.1, -0.05) is 23.2 Å². The summed E-state index contributed by atoms with van der Waals surface area (Å²) in [6.45, 7) is 1.25. The van der Waals surface area contributed by atoms with E-state index in [1.54, 1.807) is 41.0 Å². The number of carbonyl (C=O) groups excluding carboxylic acids is 1. The number of hydrogen-bond acceptors (Lipinski definition) is 3. The fraction of sp³-hybridized carbons (Fsp3) is 0.286. The summed E-state index contributed by atoms with van der Waals surface area (Å²) in [6, 6.07) is 5.44. The third kappa shape index (κ3) is 4.66. The predicted molar refractivity (Wildman–Crippen MR) is 87.4 cm³/mol. The first-order valence-corrected chi connectivity index (χ1v) is 8.38. The van der Waals surface area contributed by atoms with Gasteiger partial charge in [0.1, 0.15) is 0 Å². The van der Waals surface area contributed by atoms with Crippen molar-refractivity contribution in [3.8, 4) is 0 Å². The monoisotopic (exact) mass is 343 g/mol. The van der Waals surface area contributed by atoms with Crippen molar-refractivity contribution in [3.63, 3.8) is 0 Å². The van der Waals surface area contributed by atoms with Gasteiger partial charge in [0, 0.05) is 24.2 Å². The van der Waals surface area contributed by atoms with E-state index in [1.165, 1.54) is 0 Å². The van der Waals surface area contributed by atoms with Crippen molar-refractivity contribution in [3.05, 3.63) is 46.2 Å². The molecule has 2 rings (SSSR count). The molecule has 0 saturated carbocycles. The zero-order chi connectivity index (χ0) is 15.2. The molecule has 0 bridgehead atoms. The molecule has 21 heavy (non-hydrogen) atoms. The minimum absolute atomic E-state index is 0.158. The van der Waals surface area contributed by atoms with E-state index in [9.17, 15) is 4.79 Å². The molecule has 7 heteroatoms. The highest BCUT2D eigenvalue weighted by atomic mass is 35.5. The average Bonchev–Trinajstić information content (AvgIpc) is 2.89. The molecule has 0 aliphatic carbocycles. The van der Waals surface area contributed by atoms with Gasteiger partial charge in [-0.2, -0.15) is 5.10 Å². The number of hydrogen-bond donors (Lipinski definition) is 1. The second-order valence-corrected chi connectivity index (χ2v) is 6.10. The summed E-state index contributed by atoms with van der Waals surface area (Å²) >= 11 is 13.4. The Kier molecular flexibility index (Phi) is 5.96. The third-order valence-electron chi connectivity index (χ3n) is 2.87. The minimum atomic E-state index is -0.158. The Morgan fingerprint density at radius 2 is 2.24 bits per heavy atom. The molecule has 0 spiro atoms. The molecule has 0 aliphatic rings. The van der Waals surface area contributed by atoms with Crippen LogP contribution in [0, 0.1) is 0 Å². The van der Waals surface area contributed by atoms with Crippen LogP contribution in [-0.2, 0) is 6.54 Å². The molecule has 4 nitrogen and oxygen atoms in total. The average molecular weight is 344 g/mol. The van der Waals surface area contributed by atoms with Gasteiger partial charge in [-0.3, -0.25) is 9.48 Å². The van der Waals surface area contributed by atoms with Crippen LogP contribution in [-0.4, -0.2) is 28.5 Å². The van der Waals surface area contributed by atoms with Gasteiger partial charge in [0.25, 0.3) is 5.91 Å². The Morgan fingerprint density at radius 1 is 1.43 bits per heavy atom. The fourth-order valence-corrected chi connectivity index (χ4v) is 2.60. The van der Waals surface area contributed by atoms with Crippen molar-refractivity contribution in [2.75, 3.05) is 12.8 Å². The van der Waals surface area contributed by atoms with Gasteiger partial charge in [0.15, 0.2) is 0 Å². The molecular formula is C14H15Cl2N3OS. The maximum atomic E-state index is 12.1. The second-order valence-electron chi connectivity index (χ2n) is 4.38. The Hall–Kier alpha value is -1.17. The minimum Gasteiger partial charge on any atom is -0.352 e. The first-order valence-electron chi connectivity index (χ1n) is 6.40. The number of nitrogens with zero attached hydrogens (tertiary/aromatic N) is 2. The normalized spacial score (nSPS) is 10.6. The molecule has 1 N–H and O–H groups in total. The molecule has 1 aromatic carbocycles. The molecule has 0 radical (unpaired) electrons. The number of amides is 1. The molecule has 0 atom stereocenters. The first kappa shape index (κ1) is 16.2. The lowest BCUT2D eigenvalue weighted by Gasteiger charge is -2.08. The second kappa shape index (κ2) is 7.73. The summed E-state index contributed by atoms with van der Waals surface area (Å²) in [5.74, 6) is -0.158. The maximum absolute atomic E-state index is 12.1. The Labute approximate surface area is 137 Å². The fourth-order valence-electron chi connectivity index (χ4n) is 1.80. The molecule has 2 aromatic rings. The van der Waals surface area contributed by atoms with Crippen molar-refractivity contribution in [1.82, 2.24) is 15.1 Å². The van der Waals surface area contributed by atoms with Gasteiger partial charge < -0.3 is 5.32 Å². The van der Waals surface area contributed by atoms with Crippen LogP contribution in [0.2, 0.25) is 10.0 Å². The van der Waals surface area contributed by atoms with Crippen LogP contribution in [0.15, 0.2) is 35.5 Å². The van der Waals surface area contributed by atoms with Crippen LogP contribution in [0.3, 0.4) is 0 Å². The van der Waals surface area contributed by atoms with E-state index in [2.05, 4.69) is 10.4 Å². The number of nitrogens with one attached hydrogen (secondary N) is 1. The topological polar surface area (TPSA) is 46.9 Å². The summed E-state index contributed by atoms with van der Waals surface area (Å²) in [7, 11) is 0. The standard InChI is InChI=1S/C14H15Cl2N3OS/c1-21-11-3-4-13(16)12(7-11)14(20)17-5-2-6-19-9-10(15)8-18-19/h3-4,7-9H,2,5-6H2,1H3,(H,17,20). The van der Waals surface area contributed by atoms with Crippen molar-refractivity contribution in [1.29, 1.82) is 0 Å². The molecule has 1 amide bonds. The van der Waals surface area contributed by atoms with Crippen LogP contribution < -0.4 is 5.32 Å². The van der Waals surface area contributed by atoms with Crippen LogP contribution >= 0.6 is 35.0 Å². The smallest absolute Gasteiger partial charge is 0.252 e. The van der Waals surface area contributed by atoms with E-state index in [1.807, 2.05) is 12.3 Å². The predicted octanol–water partition coefficient (Wildman–Crippen LogP) is 3.73. The zero-order valence-corrected chi connectivity index (χ0v) is 13.8. The number of benzene rings is 1. The van der Waals surface area contributed by atoms with Crippen molar-refractivity contribution in [2.24, 2.45) is 0 Å². The van der Waals surface area contributed by atoms with Crippen molar-refractivity contribution >= 4 is 40.9 Å². The molecule has 1 aromatic heterocycles. The van der Waals surface area contributed by atoms with Gasteiger partial charge in [-0.15, -0.1) is 11.8 Å². The molecule has 0 aliphatic heterocycles. The molecule has 0 saturated heterocycles. The number of thioether (sulfide) groups is 1. The molecule has 0 unspecified atom stereocenters. The van der Waals surface area contributed by atoms with E-state index in [0.29, 0.717) is 28.7 Å². The summed E-state index contributed by atoms with van der Waals surface area (Å²) in [6.07, 6.45) is 6.07. The van der Waals surface area contributed by atoms with E-state index >= 15 is 0 Å². The SMILES string of the molecule is CSc1ccc(Cl)c(C(=O)NCCCn2cc(Cl)cn2)c1. The van der Waals surface area contributed by atoms with E-state index < -0.39 is 0 Å². The molecule has 112 valence electrons. The maximum Gasteiger partial charge on any atom is 0.252 e. The van der Waals surface area contributed by atoms with Gasteiger partial charge in [0.2, 0.25) is 0 Å². The highest BCUT2D eigenvalue weighted by molar-refractivity contribution is 7.98. The Morgan fingerprint density at radius 3 is 2.90 bits per heavy atom. The number of rotatable bonds is 6. The first-order chi connectivity index (χ1) is 10.1. The number of aryl methyl sites for hydroxylation is 1. The number of halogens is 2. The molecule has 1 heterocycles. The molecule has 0 fully saturated rings. The number of carbonyl (C=O) groups is 1. The third-order valence-corrected chi connectivity index (χ3v) is 4.12. The largest absolute Gasteiger partial charge is 0.352 e. The molecular weight excluding hydrogens is 329 g/mol. The van der Waals surface area contributed by atoms with Crippen molar-refractivity contribution in [2.45, 2.75) is 17.9 Å². The summed E-state index contributed by atoms with van der Waals surface area (Å²) in [5.41, 5.74) is 0.505. The zero-order valence-electron chi connectivity index (χ0n) is 11.5. The Bertz CT molecular complexity index is 630. The van der Waals surface area contributed by atoms with Crippen LogP contribution in [0.1, 0.15) is 16.8 Å². The summed E-state index contributed by atoms with van der Waals surface area (Å²) < 4.78 is 1.75. The van der Waals surface area contributed by atoms with Gasteiger partial charge in [0.05, 0.1) is 21.8 Å². The lowest BCUT2D eigenvalue weighted by atomic mass is 10.2. The summed E-state index contributed by atoms with van der Waals surface area (Å²) in [5, 5.41) is 8.01. The van der Waals surface area contributed by atoms with E-state index in [0.717, 1.165) is 11.3 Å². The number of aromatic nitrogens is 2.